The lowest BCUT2D eigenvalue weighted by Gasteiger charge is -1.92. The predicted molar refractivity (Wildman–Crippen MR) is 47.3 cm³/mol. The first-order chi connectivity index (χ1) is 5.27. The van der Waals surface area contributed by atoms with Gasteiger partial charge in [0.1, 0.15) is 6.67 Å². The van der Waals surface area contributed by atoms with Gasteiger partial charge >= 0.3 is 0 Å². The van der Waals surface area contributed by atoms with Crippen LogP contribution in [0, 0.1) is 0 Å². The van der Waals surface area contributed by atoms with Crippen LogP contribution < -0.4 is 0 Å². The normalized spacial score (nSPS) is 8.55. The fourth-order valence-electron chi connectivity index (χ4n) is 0.717. The third-order valence-electron chi connectivity index (χ3n) is 1.26. The van der Waals surface area contributed by atoms with Crippen molar-refractivity contribution in [3.8, 4) is 0 Å². The van der Waals surface area contributed by atoms with Crippen LogP contribution in [-0.2, 0) is 0 Å². The van der Waals surface area contributed by atoms with Crippen LogP contribution in [0.2, 0.25) is 0 Å². The second kappa shape index (κ2) is 7.30. The molecule has 0 aliphatic carbocycles. The fourth-order valence-corrected chi connectivity index (χ4v) is 0.717. The number of alkyl halides is 1. The molecule has 0 aliphatic rings. The van der Waals surface area contributed by atoms with Gasteiger partial charge in [-0.2, -0.15) is 0 Å². The lowest BCUT2D eigenvalue weighted by molar-refractivity contribution is 0.562. The molecule has 0 spiro atoms. The van der Waals surface area contributed by atoms with Gasteiger partial charge in [0.2, 0.25) is 0 Å². The van der Waals surface area contributed by atoms with E-state index < -0.39 is 6.67 Å². The molecule has 0 aromatic rings. The van der Waals surface area contributed by atoms with Gasteiger partial charge in [0, 0.05) is 0 Å². The molecule has 0 amide bonds. The maximum atomic E-state index is 11.5. The number of halogens is 1. The molecule has 0 radical (unpaired) electrons. The molecular weight excluding hydrogens is 139 g/mol. The zero-order valence-electron chi connectivity index (χ0n) is 7.07. The molecular formula is C10H15F. The zero-order valence-corrected chi connectivity index (χ0v) is 7.07. The summed E-state index contributed by atoms with van der Waals surface area (Å²) < 4.78 is 11.5. The summed E-state index contributed by atoms with van der Waals surface area (Å²) >= 11 is 0. The van der Waals surface area contributed by atoms with Gasteiger partial charge < -0.3 is 0 Å². The van der Waals surface area contributed by atoms with Crippen LogP contribution in [0.4, 0.5) is 4.39 Å². The predicted octanol–water partition coefficient (Wildman–Crippen LogP) is 3.41. The third kappa shape index (κ3) is 9.19. The first kappa shape index (κ1) is 10.2. The second-order valence-electron chi connectivity index (χ2n) is 2.58. The minimum absolute atomic E-state index is 0.420. The molecule has 0 aromatic carbocycles. The van der Waals surface area contributed by atoms with E-state index in [1.807, 2.05) is 13.0 Å². The molecule has 0 unspecified atom stereocenters. The first-order valence-corrected chi connectivity index (χ1v) is 3.87. The van der Waals surface area contributed by atoms with E-state index in [2.05, 4.69) is 12.3 Å². The molecule has 0 aromatic heterocycles. The van der Waals surface area contributed by atoms with Crippen molar-refractivity contribution in [1.29, 1.82) is 0 Å². The van der Waals surface area contributed by atoms with Crippen LogP contribution in [-0.4, -0.2) is 6.67 Å². The summed E-state index contributed by atoms with van der Waals surface area (Å²) in [7, 11) is 0. The highest BCUT2D eigenvalue weighted by Gasteiger charge is 1.83. The minimum Gasteiger partial charge on any atom is -0.246 e. The van der Waals surface area contributed by atoms with Crippen molar-refractivity contribution in [2.75, 3.05) is 6.67 Å². The molecule has 0 fully saturated rings. The Balaban J connectivity index is 3.27. The molecule has 0 saturated carbocycles. The van der Waals surface area contributed by atoms with Crippen molar-refractivity contribution >= 4 is 0 Å². The Kier molecular flexibility index (Phi) is 6.76. The van der Waals surface area contributed by atoms with E-state index in [9.17, 15) is 4.39 Å². The van der Waals surface area contributed by atoms with Crippen molar-refractivity contribution in [2.45, 2.75) is 26.2 Å². The Labute approximate surface area is 68.1 Å². The molecule has 0 rings (SSSR count). The SMILES string of the molecule is C=C(C)CCCC=C=CCF. The quantitative estimate of drug-likeness (QED) is 0.323. The average Bonchev–Trinajstić information content (AvgIpc) is 1.96. The summed E-state index contributed by atoms with van der Waals surface area (Å²) in [4.78, 5) is 0. The van der Waals surface area contributed by atoms with E-state index in [4.69, 9.17) is 0 Å². The summed E-state index contributed by atoms with van der Waals surface area (Å²) in [6.07, 6.45) is 6.35. The second-order valence-corrected chi connectivity index (χ2v) is 2.58. The van der Waals surface area contributed by atoms with Gasteiger partial charge in [-0.1, -0.05) is 5.57 Å². The Morgan fingerprint density at radius 3 is 2.82 bits per heavy atom. The number of unbranched alkanes of at least 4 members (excludes halogenated alkanes) is 1. The lowest BCUT2D eigenvalue weighted by atomic mass is 10.1. The topological polar surface area (TPSA) is 0 Å². The van der Waals surface area contributed by atoms with E-state index in [-0.39, 0.29) is 0 Å². The number of rotatable bonds is 5. The molecule has 0 N–H and O–H groups in total. The molecule has 62 valence electrons. The molecule has 1 heteroatoms. The standard InChI is InChI=1S/C10H15F/c1-10(2)8-6-4-3-5-7-9-11/h3,7H,1,4,6,8-9H2,2H3. The van der Waals surface area contributed by atoms with Crippen molar-refractivity contribution < 1.29 is 4.39 Å². The van der Waals surface area contributed by atoms with E-state index in [0.29, 0.717) is 0 Å². The zero-order chi connectivity index (χ0) is 8.53. The first-order valence-electron chi connectivity index (χ1n) is 3.87. The van der Waals surface area contributed by atoms with Crippen LogP contribution in [0.25, 0.3) is 0 Å². The summed E-state index contributed by atoms with van der Waals surface area (Å²) in [6, 6.07) is 0. The van der Waals surface area contributed by atoms with Gasteiger partial charge in [-0.3, -0.25) is 0 Å². The molecule has 11 heavy (non-hydrogen) atoms. The van der Waals surface area contributed by atoms with Crippen LogP contribution in [0.1, 0.15) is 26.2 Å². The highest BCUT2D eigenvalue weighted by Crippen LogP contribution is 2.03. The molecule has 0 nitrogen and oxygen atoms in total. The van der Waals surface area contributed by atoms with Gasteiger partial charge in [-0.05, 0) is 38.3 Å². The third-order valence-corrected chi connectivity index (χ3v) is 1.26. The molecule has 0 saturated heterocycles. The highest BCUT2D eigenvalue weighted by atomic mass is 19.1. The Bertz CT molecular complexity index is 162. The van der Waals surface area contributed by atoms with E-state index >= 15 is 0 Å². The number of hydrogen-bond acceptors (Lipinski definition) is 0. The van der Waals surface area contributed by atoms with Gasteiger partial charge in [-0.25, -0.2) is 4.39 Å². The van der Waals surface area contributed by atoms with Gasteiger partial charge in [0.25, 0.3) is 0 Å². The lowest BCUT2D eigenvalue weighted by Crippen LogP contribution is -1.73. The van der Waals surface area contributed by atoms with Crippen LogP contribution in [0.15, 0.2) is 30.0 Å². The number of hydrogen-bond donors (Lipinski definition) is 0. The summed E-state index contributed by atoms with van der Waals surface area (Å²) in [5, 5.41) is 0. The Morgan fingerprint density at radius 2 is 2.27 bits per heavy atom. The monoisotopic (exact) mass is 154 g/mol. The molecule has 0 heterocycles. The Morgan fingerprint density at radius 1 is 1.55 bits per heavy atom. The van der Waals surface area contributed by atoms with E-state index in [1.54, 1.807) is 0 Å². The van der Waals surface area contributed by atoms with Gasteiger partial charge in [0.15, 0.2) is 0 Å². The van der Waals surface area contributed by atoms with Gasteiger partial charge in [-0.15, -0.1) is 12.3 Å². The smallest absolute Gasteiger partial charge is 0.115 e. The van der Waals surface area contributed by atoms with Gasteiger partial charge in [0.05, 0.1) is 0 Å². The van der Waals surface area contributed by atoms with Crippen molar-refractivity contribution in [2.24, 2.45) is 0 Å². The van der Waals surface area contributed by atoms with Crippen molar-refractivity contribution in [1.82, 2.24) is 0 Å². The van der Waals surface area contributed by atoms with E-state index in [1.165, 1.54) is 11.6 Å². The average molecular weight is 154 g/mol. The van der Waals surface area contributed by atoms with Crippen molar-refractivity contribution in [3.63, 3.8) is 0 Å². The maximum Gasteiger partial charge on any atom is 0.115 e. The van der Waals surface area contributed by atoms with Crippen LogP contribution in [0.3, 0.4) is 0 Å². The number of allylic oxidation sites excluding steroid dienone is 2. The summed E-state index contributed by atoms with van der Waals surface area (Å²) in [6.45, 7) is 5.38. The van der Waals surface area contributed by atoms with E-state index in [0.717, 1.165) is 19.3 Å². The molecule has 0 atom stereocenters. The molecule has 0 aliphatic heterocycles. The molecule has 0 bridgehead atoms. The van der Waals surface area contributed by atoms with Crippen molar-refractivity contribution in [3.05, 3.63) is 30.0 Å². The fraction of sp³-hybridized carbons (Fsp3) is 0.500. The van der Waals surface area contributed by atoms with Crippen LogP contribution >= 0.6 is 0 Å². The highest BCUT2D eigenvalue weighted by molar-refractivity contribution is 4.90. The minimum atomic E-state index is -0.420. The summed E-state index contributed by atoms with van der Waals surface area (Å²) in [5.74, 6) is 0. The maximum absolute atomic E-state index is 11.5. The largest absolute Gasteiger partial charge is 0.246 e. The summed E-state index contributed by atoms with van der Waals surface area (Å²) in [5.41, 5.74) is 3.96. The van der Waals surface area contributed by atoms with Crippen LogP contribution in [0.5, 0.6) is 0 Å². The Hall–Kier alpha value is -0.810.